The molecule has 0 unspecified atom stereocenters. The molecule has 0 bridgehead atoms. The van der Waals surface area contributed by atoms with Crippen LogP contribution in [0.3, 0.4) is 0 Å². The zero-order valence-corrected chi connectivity index (χ0v) is 23.4. The molecule has 0 aliphatic heterocycles. The fraction of sp³-hybridized carbons (Fsp3) is 0.344. The molecule has 0 saturated heterocycles. The second-order valence-electron chi connectivity index (χ2n) is 10.1. The van der Waals surface area contributed by atoms with Gasteiger partial charge in [0.15, 0.2) is 0 Å². The average Bonchev–Trinajstić information content (AvgIpc) is 2.96. The molecular weight excluding hydrogens is 549 g/mol. The third kappa shape index (κ3) is 9.36. The van der Waals surface area contributed by atoms with Crippen LogP contribution in [0.4, 0.5) is 13.2 Å². The Morgan fingerprint density at radius 1 is 0.786 bits per heavy atom. The van der Waals surface area contributed by atoms with Gasteiger partial charge in [0.2, 0.25) is 0 Å². The van der Waals surface area contributed by atoms with Gasteiger partial charge in [-0.05, 0) is 66.1 Å². The quantitative estimate of drug-likeness (QED) is 0.176. The summed E-state index contributed by atoms with van der Waals surface area (Å²) in [4.78, 5) is 38.8. The molecule has 0 heterocycles. The molecule has 0 atom stereocenters. The van der Waals surface area contributed by atoms with Crippen molar-refractivity contribution in [2.24, 2.45) is 0 Å². The Kier molecular flexibility index (Phi) is 11.5. The summed E-state index contributed by atoms with van der Waals surface area (Å²) >= 11 is 0. The second kappa shape index (κ2) is 15.0. The van der Waals surface area contributed by atoms with Crippen LogP contribution >= 0.6 is 0 Å². The Labute approximate surface area is 243 Å². The van der Waals surface area contributed by atoms with Crippen molar-refractivity contribution in [1.29, 1.82) is 0 Å². The lowest BCUT2D eigenvalue weighted by atomic mass is 10.1. The van der Waals surface area contributed by atoms with Gasteiger partial charge in [0.05, 0.1) is 5.56 Å². The van der Waals surface area contributed by atoms with Crippen molar-refractivity contribution in [2.75, 3.05) is 6.54 Å². The van der Waals surface area contributed by atoms with Gasteiger partial charge in [0, 0.05) is 30.8 Å². The van der Waals surface area contributed by atoms with Gasteiger partial charge in [0.25, 0.3) is 11.8 Å². The third-order valence-corrected chi connectivity index (χ3v) is 6.82. The molecule has 3 N–H and O–H groups in total. The Balaban J connectivity index is 1.74. The van der Waals surface area contributed by atoms with E-state index in [4.69, 9.17) is 0 Å². The van der Waals surface area contributed by atoms with Crippen LogP contribution in [0.2, 0.25) is 0 Å². The first-order valence-corrected chi connectivity index (χ1v) is 13.9. The molecule has 0 fully saturated rings. The Hall–Kier alpha value is -4.34. The van der Waals surface area contributed by atoms with E-state index < -0.39 is 29.4 Å². The van der Waals surface area contributed by atoms with Crippen LogP contribution in [0.25, 0.3) is 0 Å². The summed E-state index contributed by atoms with van der Waals surface area (Å²) in [6.45, 7) is 2.68. The highest BCUT2D eigenvalue weighted by atomic mass is 19.4. The second-order valence-corrected chi connectivity index (χ2v) is 10.1. The van der Waals surface area contributed by atoms with Gasteiger partial charge in [-0.3, -0.25) is 9.59 Å². The number of benzene rings is 3. The molecule has 3 aromatic carbocycles. The molecule has 0 radical (unpaired) electrons. The number of phenols is 1. The molecule has 0 spiro atoms. The predicted octanol–water partition coefficient (Wildman–Crippen LogP) is 7.04. The van der Waals surface area contributed by atoms with E-state index >= 15 is 0 Å². The van der Waals surface area contributed by atoms with Crippen molar-refractivity contribution in [3.63, 3.8) is 0 Å². The van der Waals surface area contributed by atoms with Crippen LogP contribution in [0.15, 0.2) is 66.7 Å². The number of alkyl halides is 3. The lowest BCUT2D eigenvalue weighted by molar-refractivity contribution is -0.137. The molecule has 0 aliphatic carbocycles. The highest BCUT2D eigenvalue weighted by Gasteiger charge is 2.30. The van der Waals surface area contributed by atoms with Crippen molar-refractivity contribution < 1.29 is 37.8 Å². The normalized spacial score (nSPS) is 11.2. The van der Waals surface area contributed by atoms with E-state index in [1.54, 1.807) is 24.3 Å². The fourth-order valence-corrected chi connectivity index (χ4v) is 4.45. The van der Waals surface area contributed by atoms with Crippen LogP contribution in [-0.2, 0) is 19.3 Å². The molecule has 10 heteroatoms. The molecule has 0 aliphatic rings. The number of hydrogen-bond donors (Lipinski definition) is 3. The first kappa shape index (κ1) is 32.2. The Bertz CT molecular complexity index is 1360. The molecule has 7 nitrogen and oxygen atoms in total. The van der Waals surface area contributed by atoms with Crippen molar-refractivity contribution in [3.05, 3.63) is 100 Å². The lowest BCUT2D eigenvalue weighted by Gasteiger charge is -2.24. The highest BCUT2D eigenvalue weighted by molar-refractivity contribution is 5.95. The molecule has 0 aromatic heterocycles. The number of carboxylic acids is 1. The molecule has 0 saturated carbocycles. The number of unbranched alkanes of at least 4 members (excludes halogenated alkanes) is 5. The highest BCUT2D eigenvalue weighted by Crippen LogP contribution is 2.29. The van der Waals surface area contributed by atoms with Crippen LogP contribution in [0.5, 0.6) is 5.75 Å². The fourth-order valence-electron chi connectivity index (χ4n) is 4.45. The number of aromatic hydroxyl groups is 1. The first-order valence-electron chi connectivity index (χ1n) is 13.9. The zero-order valence-electron chi connectivity index (χ0n) is 23.4. The topological polar surface area (TPSA) is 107 Å². The lowest BCUT2D eigenvalue weighted by Crippen LogP contribution is -2.30. The van der Waals surface area contributed by atoms with E-state index in [0.29, 0.717) is 23.2 Å². The zero-order chi connectivity index (χ0) is 30.7. The summed E-state index contributed by atoms with van der Waals surface area (Å²) in [5.41, 5.74) is 0.295. The average molecular weight is 585 g/mol. The van der Waals surface area contributed by atoms with E-state index in [9.17, 15) is 37.8 Å². The van der Waals surface area contributed by atoms with E-state index in [1.165, 1.54) is 42.4 Å². The van der Waals surface area contributed by atoms with E-state index in [2.05, 4.69) is 12.2 Å². The van der Waals surface area contributed by atoms with Crippen LogP contribution in [0.1, 0.15) is 93.2 Å². The number of halogens is 3. The van der Waals surface area contributed by atoms with Gasteiger partial charge in [-0.1, -0.05) is 57.2 Å². The summed E-state index contributed by atoms with van der Waals surface area (Å²) < 4.78 is 39.1. The minimum Gasteiger partial charge on any atom is -0.507 e. The van der Waals surface area contributed by atoms with Gasteiger partial charge in [-0.25, -0.2) is 4.79 Å². The van der Waals surface area contributed by atoms with Gasteiger partial charge in [-0.2, -0.15) is 13.2 Å². The Morgan fingerprint density at radius 3 is 1.98 bits per heavy atom. The number of nitrogens with one attached hydrogen (secondary N) is 1. The number of aromatic carboxylic acids is 1. The van der Waals surface area contributed by atoms with Gasteiger partial charge in [-0.15, -0.1) is 0 Å². The smallest absolute Gasteiger partial charge is 0.416 e. The largest absolute Gasteiger partial charge is 0.507 e. The van der Waals surface area contributed by atoms with Crippen LogP contribution in [0, 0.1) is 0 Å². The summed E-state index contributed by atoms with van der Waals surface area (Å²) in [5.74, 6) is -2.56. The summed E-state index contributed by atoms with van der Waals surface area (Å²) in [5, 5.41) is 22.1. The maximum atomic E-state index is 13.4. The number of carbonyl (C=O) groups excluding carboxylic acids is 2. The number of hydrogen-bond acceptors (Lipinski definition) is 4. The third-order valence-electron chi connectivity index (χ3n) is 6.82. The molecule has 42 heavy (non-hydrogen) atoms. The number of amides is 2. The number of rotatable bonds is 14. The predicted molar refractivity (Wildman–Crippen MR) is 152 cm³/mol. The Morgan fingerprint density at radius 2 is 1.36 bits per heavy atom. The number of carboxylic acid groups (broad SMARTS) is 1. The molecule has 3 aromatic rings. The van der Waals surface area contributed by atoms with Crippen molar-refractivity contribution >= 4 is 17.8 Å². The minimum atomic E-state index is -4.55. The minimum absolute atomic E-state index is 0.0194. The molecule has 3 rings (SSSR count). The van der Waals surface area contributed by atoms with Crippen LogP contribution < -0.4 is 5.32 Å². The van der Waals surface area contributed by atoms with Crippen molar-refractivity contribution in [2.45, 2.75) is 64.7 Å². The summed E-state index contributed by atoms with van der Waals surface area (Å²) in [6.07, 6.45) is 2.12. The van der Waals surface area contributed by atoms with Gasteiger partial charge in [0.1, 0.15) is 11.3 Å². The first-order chi connectivity index (χ1) is 20.0. The van der Waals surface area contributed by atoms with E-state index in [0.717, 1.165) is 43.5 Å². The SMILES string of the molecule is CCCCCCCCNC(=O)c1ccc(CN(Cc2ccc(O)c(C(=O)O)c2)C(=O)c2ccc(C(F)(F)F)cc2)cc1. The standard InChI is InChI=1S/C32H35F3N2O5/c1-2-3-4-5-6-7-18-36-29(39)24-11-8-22(9-12-24)20-37(21-23-10-17-28(38)27(19-23)31(41)42)30(40)25-13-15-26(16-14-25)32(33,34)35/h8-17,19,38H,2-7,18,20-21H2,1H3,(H,36,39)(H,41,42). The van der Waals surface area contributed by atoms with Crippen LogP contribution in [-0.4, -0.2) is 39.4 Å². The van der Waals surface area contributed by atoms with Gasteiger partial charge < -0.3 is 20.4 Å². The number of nitrogens with zero attached hydrogens (tertiary/aromatic N) is 1. The molecular formula is C32H35F3N2O5. The summed E-state index contributed by atoms with van der Waals surface area (Å²) in [7, 11) is 0. The van der Waals surface area contributed by atoms with Gasteiger partial charge >= 0.3 is 12.1 Å². The monoisotopic (exact) mass is 584 g/mol. The maximum absolute atomic E-state index is 13.4. The molecule has 2 amide bonds. The van der Waals surface area contributed by atoms with E-state index in [1.807, 2.05) is 0 Å². The molecule has 224 valence electrons. The van der Waals surface area contributed by atoms with E-state index in [-0.39, 0.29) is 30.1 Å². The number of carbonyl (C=O) groups is 3. The summed E-state index contributed by atoms with van der Waals surface area (Å²) in [6, 6.07) is 14.4. The van der Waals surface area contributed by atoms with Crippen molar-refractivity contribution in [1.82, 2.24) is 10.2 Å². The van der Waals surface area contributed by atoms with Crippen molar-refractivity contribution in [3.8, 4) is 5.75 Å². The maximum Gasteiger partial charge on any atom is 0.416 e.